The second kappa shape index (κ2) is 7.56. The molecule has 1 fully saturated rings. The van der Waals surface area contributed by atoms with Crippen molar-refractivity contribution in [2.24, 2.45) is 0 Å². The zero-order valence-corrected chi connectivity index (χ0v) is 15.5. The molecule has 1 aromatic heterocycles. The molecule has 2 heterocycles. The van der Waals surface area contributed by atoms with E-state index in [1.165, 1.54) is 24.3 Å². The minimum Gasteiger partial charge on any atom is -0.333 e. The van der Waals surface area contributed by atoms with Crippen molar-refractivity contribution in [1.29, 1.82) is 0 Å². The molecule has 1 aliphatic heterocycles. The molecule has 138 valence electrons. The van der Waals surface area contributed by atoms with Crippen LogP contribution in [0.15, 0.2) is 48.5 Å². The lowest BCUT2D eigenvalue weighted by molar-refractivity contribution is -0.132. The van der Waals surface area contributed by atoms with E-state index in [0.717, 1.165) is 28.1 Å². The normalized spacial score (nSPS) is 16.8. The molecule has 1 unspecified atom stereocenters. The fourth-order valence-corrected chi connectivity index (χ4v) is 4.61. The molecule has 0 radical (unpaired) electrons. The van der Waals surface area contributed by atoms with Crippen LogP contribution < -0.4 is 0 Å². The van der Waals surface area contributed by atoms with Crippen LogP contribution in [0, 0.1) is 5.82 Å². The number of ketones is 1. The van der Waals surface area contributed by atoms with Gasteiger partial charge in [0.05, 0.1) is 16.3 Å². The van der Waals surface area contributed by atoms with Gasteiger partial charge in [0, 0.05) is 24.9 Å². The standard InChI is InChI=1S/C21H19FN2O2S/c22-15-9-7-14(8-10-15)18(25)11-12-20(26)24-13-3-5-17(24)21-23-16-4-1-2-6-19(16)27-21/h1-2,4,6-10,17H,3,5,11-13H2. The summed E-state index contributed by atoms with van der Waals surface area (Å²) in [5.74, 6) is -0.537. The van der Waals surface area contributed by atoms with E-state index in [9.17, 15) is 14.0 Å². The van der Waals surface area contributed by atoms with Crippen molar-refractivity contribution in [3.8, 4) is 0 Å². The Labute approximate surface area is 160 Å². The molecule has 0 N–H and O–H groups in total. The van der Waals surface area contributed by atoms with Gasteiger partial charge in [0.2, 0.25) is 5.91 Å². The van der Waals surface area contributed by atoms with E-state index in [2.05, 4.69) is 0 Å². The van der Waals surface area contributed by atoms with Gasteiger partial charge in [-0.15, -0.1) is 11.3 Å². The summed E-state index contributed by atoms with van der Waals surface area (Å²) in [4.78, 5) is 31.5. The van der Waals surface area contributed by atoms with Crippen LogP contribution in [0.2, 0.25) is 0 Å². The fraction of sp³-hybridized carbons (Fsp3) is 0.286. The number of amides is 1. The molecule has 6 heteroatoms. The SMILES string of the molecule is O=C(CCC(=O)N1CCCC1c1nc2ccccc2s1)c1ccc(F)cc1. The van der Waals surface area contributed by atoms with Crippen molar-refractivity contribution in [1.82, 2.24) is 9.88 Å². The van der Waals surface area contributed by atoms with Crippen LogP contribution >= 0.6 is 11.3 Å². The molecule has 0 bridgehead atoms. The number of carbonyl (C=O) groups is 2. The molecule has 3 aromatic rings. The molecular weight excluding hydrogens is 363 g/mol. The minimum absolute atomic E-state index is 0.00387. The predicted molar refractivity (Wildman–Crippen MR) is 103 cm³/mol. The Kier molecular flexibility index (Phi) is 4.99. The van der Waals surface area contributed by atoms with E-state index in [-0.39, 0.29) is 36.4 Å². The first-order chi connectivity index (χ1) is 13.1. The van der Waals surface area contributed by atoms with E-state index < -0.39 is 0 Å². The second-order valence-corrected chi connectivity index (χ2v) is 7.76. The number of thiazole rings is 1. The molecule has 0 aliphatic carbocycles. The van der Waals surface area contributed by atoms with Gasteiger partial charge in [-0.2, -0.15) is 0 Å². The summed E-state index contributed by atoms with van der Waals surface area (Å²) < 4.78 is 14.1. The third kappa shape index (κ3) is 3.76. The molecule has 4 rings (SSSR count). The number of rotatable bonds is 5. The number of carbonyl (C=O) groups excluding carboxylic acids is 2. The third-order valence-corrected chi connectivity index (χ3v) is 6.04. The highest BCUT2D eigenvalue weighted by Gasteiger charge is 2.32. The van der Waals surface area contributed by atoms with Gasteiger partial charge in [-0.1, -0.05) is 12.1 Å². The van der Waals surface area contributed by atoms with Crippen LogP contribution in [-0.2, 0) is 4.79 Å². The van der Waals surface area contributed by atoms with E-state index in [1.807, 2.05) is 29.2 Å². The van der Waals surface area contributed by atoms with Crippen LogP contribution in [-0.4, -0.2) is 28.1 Å². The zero-order valence-electron chi connectivity index (χ0n) is 14.7. The molecule has 2 aromatic carbocycles. The number of benzene rings is 2. The molecule has 4 nitrogen and oxygen atoms in total. The van der Waals surface area contributed by atoms with E-state index in [1.54, 1.807) is 11.3 Å². The molecule has 0 saturated carbocycles. The molecular formula is C21H19FN2O2S. The van der Waals surface area contributed by atoms with Crippen molar-refractivity contribution in [3.05, 3.63) is 64.9 Å². The van der Waals surface area contributed by atoms with E-state index >= 15 is 0 Å². The van der Waals surface area contributed by atoms with Crippen molar-refractivity contribution in [2.45, 2.75) is 31.7 Å². The first-order valence-electron chi connectivity index (χ1n) is 9.05. The lowest BCUT2D eigenvalue weighted by Gasteiger charge is -2.23. The Hall–Kier alpha value is -2.60. The summed E-state index contributed by atoms with van der Waals surface area (Å²) in [7, 11) is 0. The number of para-hydroxylation sites is 1. The monoisotopic (exact) mass is 382 g/mol. The Morgan fingerprint density at radius 3 is 2.67 bits per heavy atom. The van der Waals surface area contributed by atoms with E-state index in [0.29, 0.717) is 12.1 Å². The Morgan fingerprint density at radius 2 is 1.89 bits per heavy atom. The Bertz CT molecular complexity index is 950. The summed E-state index contributed by atoms with van der Waals surface area (Å²) in [6, 6.07) is 13.4. The molecule has 1 atom stereocenters. The number of halogens is 1. The van der Waals surface area contributed by atoms with Crippen molar-refractivity contribution in [2.75, 3.05) is 6.54 Å². The van der Waals surface area contributed by atoms with Crippen LogP contribution in [0.5, 0.6) is 0 Å². The largest absolute Gasteiger partial charge is 0.333 e. The van der Waals surface area contributed by atoms with Gasteiger partial charge in [0.15, 0.2) is 5.78 Å². The molecule has 0 spiro atoms. The molecule has 1 amide bonds. The predicted octanol–water partition coefficient (Wildman–Crippen LogP) is 4.76. The van der Waals surface area contributed by atoms with Gasteiger partial charge < -0.3 is 4.90 Å². The van der Waals surface area contributed by atoms with Crippen molar-refractivity contribution < 1.29 is 14.0 Å². The van der Waals surface area contributed by atoms with Crippen LogP contribution in [0.4, 0.5) is 4.39 Å². The Balaban J connectivity index is 1.43. The van der Waals surface area contributed by atoms with Gasteiger partial charge in [-0.3, -0.25) is 9.59 Å². The minimum atomic E-state index is -0.377. The lowest BCUT2D eigenvalue weighted by Crippen LogP contribution is -2.30. The smallest absolute Gasteiger partial charge is 0.223 e. The topological polar surface area (TPSA) is 50.3 Å². The first kappa shape index (κ1) is 17.8. The van der Waals surface area contributed by atoms with Crippen LogP contribution in [0.25, 0.3) is 10.2 Å². The average Bonchev–Trinajstić information content (AvgIpc) is 3.32. The number of hydrogen-bond acceptors (Lipinski definition) is 4. The fourth-order valence-electron chi connectivity index (χ4n) is 3.50. The highest BCUT2D eigenvalue weighted by atomic mass is 32.1. The van der Waals surface area contributed by atoms with Crippen LogP contribution in [0.3, 0.4) is 0 Å². The summed E-state index contributed by atoms with van der Waals surface area (Å²) in [6.07, 6.45) is 2.14. The summed E-state index contributed by atoms with van der Waals surface area (Å²) in [6.45, 7) is 0.699. The number of nitrogens with zero attached hydrogens (tertiary/aromatic N) is 2. The molecule has 1 aliphatic rings. The van der Waals surface area contributed by atoms with Gasteiger partial charge >= 0.3 is 0 Å². The number of likely N-dealkylation sites (tertiary alicyclic amines) is 1. The second-order valence-electron chi connectivity index (χ2n) is 6.70. The highest BCUT2D eigenvalue weighted by Crippen LogP contribution is 2.36. The average molecular weight is 382 g/mol. The number of Topliss-reactive ketones (excluding diaryl/α,β-unsaturated/α-hetero) is 1. The number of fused-ring (bicyclic) bond motifs is 1. The third-order valence-electron chi connectivity index (χ3n) is 4.90. The van der Waals surface area contributed by atoms with Crippen molar-refractivity contribution in [3.63, 3.8) is 0 Å². The summed E-state index contributed by atoms with van der Waals surface area (Å²) >= 11 is 1.63. The maximum Gasteiger partial charge on any atom is 0.223 e. The van der Waals surface area contributed by atoms with Gasteiger partial charge in [0.25, 0.3) is 0 Å². The zero-order chi connectivity index (χ0) is 18.8. The molecule has 1 saturated heterocycles. The maximum atomic E-state index is 13.0. The van der Waals surface area contributed by atoms with Gasteiger partial charge in [-0.25, -0.2) is 9.37 Å². The van der Waals surface area contributed by atoms with Crippen LogP contribution in [0.1, 0.15) is 47.1 Å². The molecule has 27 heavy (non-hydrogen) atoms. The number of hydrogen-bond donors (Lipinski definition) is 0. The summed E-state index contributed by atoms with van der Waals surface area (Å²) in [5, 5.41) is 0.965. The van der Waals surface area contributed by atoms with E-state index in [4.69, 9.17) is 4.98 Å². The quantitative estimate of drug-likeness (QED) is 0.598. The van der Waals surface area contributed by atoms with Crippen molar-refractivity contribution >= 4 is 33.2 Å². The van der Waals surface area contributed by atoms with Gasteiger partial charge in [-0.05, 0) is 49.2 Å². The Morgan fingerprint density at radius 1 is 1.11 bits per heavy atom. The van der Waals surface area contributed by atoms with Gasteiger partial charge in [0.1, 0.15) is 10.8 Å². The number of aromatic nitrogens is 1. The maximum absolute atomic E-state index is 13.0. The summed E-state index contributed by atoms with van der Waals surface area (Å²) in [5.41, 5.74) is 1.40. The first-order valence-corrected chi connectivity index (χ1v) is 9.87. The lowest BCUT2D eigenvalue weighted by atomic mass is 10.1. The highest BCUT2D eigenvalue weighted by molar-refractivity contribution is 7.18.